The number of carbonyl (C=O) groups is 1. The van der Waals surface area contributed by atoms with E-state index in [1.807, 2.05) is 31.1 Å². The van der Waals surface area contributed by atoms with Crippen molar-refractivity contribution in [2.75, 3.05) is 30.9 Å². The zero-order valence-electron chi connectivity index (χ0n) is 17.5. The van der Waals surface area contributed by atoms with Crippen molar-refractivity contribution in [2.45, 2.75) is 37.8 Å². The third kappa shape index (κ3) is 5.61. The molecule has 0 atom stereocenters. The zero-order chi connectivity index (χ0) is 22.8. The maximum Gasteiger partial charge on any atom is 0.416 e. The summed E-state index contributed by atoms with van der Waals surface area (Å²) in [5.74, 6) is 0.0798. The van der Waals surface area contributed by atoms with Crippen molar-refractivity contribution in [3.63, 3.8) is 0 Å². The van der Waals surface area contributed by atoms with Gasteiger partial charge in [-0.2, -0.15) is 13.2 Å². The summed E-state index contributed by atoms with van der Waals surface area (Å²) in [7, 11) is 3.90. The molecule has 5 nitrogen and oxygen atoms in total. The van der Waals surface area contributed by atoms with Crippen LogP contribution < -0.4 is 16.0 Å². The summed E-state index contributed by atoms with van der Waals surface area (Å²) in [6, 6.07) is 5.71. The van der Waals surface area contributed by atoms with Gasteiger partial charge in [0, 0.05) is 20.6 Å². The monoisotopic (exact) mass is 454 g/mol. The molecule has 1 fully saturated rings. The van der Waals surface area contributed by atoms with Gasteiger partial charge in [0.1, 0.15) is 5.82 Å². The molecule has 1 aromatic carbocycles. The molecule has 2 aromatic rings. The van der Waals surface area contributed by atoms with Crippen LogP contribution in [0.4, 0.5) is 24.7 Å². The van der Waals surface area contributed by atoms with Crippen LogP contribution in [0.2, 0.25) is 5.02 Å². The van der Waals surface area contributed by atoms with Gasteiger partial charge in [0.05, 0.1) is 28.0 Å². The fraction of sp³-hybridized carbons (Fsp3) is 0.455. The molecule has 0 bridgehead atoms. The number of hydrogen-bond donors (Lipinski definition) is 2. The predicted molar refractivity (Wildman–Crippen MR) is 117 cm³/mol. The number of nitrogens with one attached hydrogen (secondary N) is 1. The Morgan fingerprint density at radius 2 is 1.90 bits per heavy atom. The van der Waals surface area contributed by atoms with Gasteiger partial charge in [-0.3, -0.25) is 4.79 Å². The summed E-state index contributed by atoms with van der Waals surface area (Å²) in [6.07, 6.45) is 0.292. The quantitative estimate of drug-likeness (QED) is 0.621. The molecule has 0 aliphatic heterocycles. The number of amides is 1. The molecule has 0 unspecified atom stereocenters. The number of carbonyl (C=O) groups excluding carboxylic acids is 1. The number of halogens is 4. The van der Waals surface area contributed by atoms with Crippen molar-refractivity contribution in [3.05, 3.63) is 52.2 Å². The van der Waals surface area contributed by atoms with Gasteiger partial charge >= 0.3 is 6.18 Å². The van der Waals surface area contributed by atoms with Gasteiger partial charge < -0.3 is 16.0 Å². The van der Waals surface area contributed by atoms with Crippen LogP contribution in [-0.2, 0) is 6.18 Å². The number of anilines is 2. The van der Waals surface area contributed by atoms with Gasteiger partial charge in [0.2, 0.25) is 5.91 Å². The third-order valence-electron chi connectivity index (χ3n) is 5.82. The Morgan fingerprint density at radius 1 is 1.23 bits per heavy atom. The van der Waals surface area contributed by atoms with Gasteiger partial charge in [-0.1, -0.05) is 11.6 Å². The first-order chi connectivity index (χ1) is 14.6. The lowest BCUT2D eigenvalue weighted by molar-refractivity contribution is -0.137. The summed E-state index contributed by atoms with van der Waals surface area (Å²) < 4.78 is 39.9. The second-order valence-corrected chi connectivity index (χ2v) is 8.56. The fourth-order valence-corrected chi connectivity index (χ4v) is 4.33. The number of pyridine rings is 1. The van der Waals surface area contributed by atoms with Crippen molar-refractivity contribution in [3.8, 4) is 0 Å². The number of alkyl halides is 3. The molecule has 0 saturated heterocycles. The van der Waals surface area contributed by atoms with Crippen molar-refractivity contribution in [2.24, 2.45) is 11.7 Å². The Kier molecular flexibility index (Phi) is 6.99. The van der Waals surface area contributed by atoms with E-state index >= 15 is 0 Å². The van der Waals surface area contributed by atoms with Crippen molar-refractivity contribution in [1.29, 1.82) is 0 Å². The third-order valence-corrected chi connectivity index (χ3v) is 6.24. The van der Waals surface area contributed by atoms with E-state index in [1.54, 1.807) is 6.20 Å². The molecule has 1 heterocycles. The number of aromatic nitrogens is 1. The Morgan fingerprint density at radius 3 is 2.42 bits per heavy atom. The van der Waals surface area contributed by atoms with E-state index in [2.05, 4.69) is 10.3 Å². The summed E-state index contributed by atoms with van der Waals surface area (Å²) in [4.78, 5) is 18.0. The van der Waals surface area contributed by atoms with Crippen LogP contribution in [-0.4, -0.2) is 31.5 Å². The maximum atomic E-state index is 13.3. The Bertz CT molecular complexity index is 924. The van der Waals surface area contributed by atoms with E-state index in [-0.39, 0.29) is 16.5 Å². The summed E-state index contributed by atoms with van der Waals surface area (Å²) in [5.41, 5.74) is 5.47. The Balaban J connectivity index is 1.65. The topological polar surface area (TPSA) is 71.2 Å². The molecule has 1 aliphatic carbocycles. The lowest BCUT2D eigenvalue weighted by atomic mass is 9.78. The standard InChI is InChI=1S/C22H26ClF3N4O/c1-30(2)16-7-8-19(29-12-16)28-11-13-3-5-14(6-4-13)17-9-15(22(24,25)26)10-18(20(17)23)21(27)31/h7-10,12-14H,3-6,11H2,1-2H3,(H2,27,31)(H,28,29). The molecule has 168 valence electrons. The van der Waals surface area contributed by atoms with Crippen molar-refractivity contribution in [1.82, 2.24) is 4.98 Å². The molecular formula is C22H26ClF3N4O. The van der Waals surface area contributed by atoms with Crippen LogP contribution in [0.3, 0.4) is 0 Å². The minimum Gasteiger partial charge on any atom is -0.376 e. The zero-order valence-corrected chi connectivity index (χ0v) is 18.2. The highest BCUT2D eigenvalue weighted by Crippen LogP contribution is 2.42. The van der Waals surface area contributed by atoms with Crippen molar-refractivity contribution < 1.29 is 18.0 Å². The molecule has 3 rings (SSSR count). The number of primary amides is 1. The highest BCUT2D eigenvalue weighted by molar-refractivity contribution is 6.34. The van der Waals surface area contributed by atoms with Crippen LogP contribution in [0.25, 0.3) is 0 Å². The molecule has 31 heavy (non-hydrogen) atoms. The second-order valence-electron chi connectivity index (χ2n) is 8.18. The Hall–Kier alpha value is -2.48. The smallest absolute Gasteiger partial charge is 0.376 e. The lowest BCUT2D eigenvalue weighted by Crippen LogP contribution is -2.22. The van der Waals surface area contributed by atoms with Crippen LogP contribution in [0.15, 0.2) is 30.5 Å². The number of nitrogens with two attached hydrogens (primary N) is 1. The average molecular weight is 455 g/mol. The first-order valence-corrected chi connectivity index (χ1v) is 10.5. The fourth-order valence-electron chi connectivity index (χ4n) is 3.97. The lowest BCUT2D eigenvalue weighted by Gasteiger charge is -2.30. The van der Waals surface area contributed by atoms with Crippen LogP contribution in [0, 0.1) is 5.92 Å². The van der Waals surface area contributed by atoms with Crippen molar-refractivity contribution >= 4 is 29.0 Å². The van der Waals surface area contributed by atoms with E-state index < -0.39 is 17.6 Å². The van der Waals surface area contributed by atoms with Gasteiger partial charge in [-0.05, 0) is 67.3 Å². The summed E-state index contributed by atoms with van der Waals surface area (Å²) >= 11 is 6.28. The first kappa shape index (κ1) is 23.2. The largest absolute Gasteiger partial charge is 0.416 e. The second kappa shape index (κ2) is 9.34. The molecule has 1 aliphatic rings. The van der Waals surface area contributed by atoms with Crippen LogP contribution in [0.5, 0.6) is 0 Å². The van der Waals surface area contributed by atoms with Crippen LogP contribution in [0.1, 0.15) is 53.1 Å². The van der Waals surface area contributed by atoms with Crippen LogP contribution >= 0.6 is 11.6 Å². The summed E-state index contributed by atoms with van der Waals surface area (Å²) in [6.45, 7) is 0.740. The molecular weight excluding hydrogens is 429 g/mol. The van der Waals surface area contributed by atoms with E-state index in [4.69, 9.17) is 17.3 Å². The van der Waals surface area contributed by atoms with E-state index in [1.165, 1.54) is 0 Å². The highest BCUT2D eigenvalue weighted by Gasteiger charge is 2.34. The number of nitrogens with zero attached hydrogens (tertiary/aromatic N) is 2. The van der Waals surface area contributed by atoms with E-state index in [0.717, 1.165) is 43.0 Å². The Labute approximate surface area is 184 Å². The minimum atomic E-state index is -4.57. The van der Waals surface area contributed by atoms with E-state index in [0.29, 0.717) is 24.3 Å². The van der Waals surface area contributed by atoms with Gasteiger partial charge in [0.25, 0.3) is 0 Å². The first-order valence-electron chi connectivity index (χ1n) is 10.1. The molecule has 1 amide bonds. The maximum absolute atomic E-state index is 13.3. The van der Waals surface area contributed by atoms with Gasteiger partial charge in [-0.15, -0.1) is 0 Å². The van der Waals surface area contributed by atoms with Gasteiger partial charge in [-0.25, -0.2) is 4.98 Å². The molecule has 0 radical (unpaired) electrons. The molecule has 1 aromatic heterocycles. The van der Waals surface area contributed by atoms with Gasteiger partial charge in [0.15, 0.2) is 0 Å². The number of rotatable bonds is 6. The predicted octanol–water partition coefficient (Wildman–Crippen LogP) is 5.30. The average Bonchev–Trinajstić information content (AvgIpc) is 2.72. The van der Waals surface area contributed by atoms with E-state index in [9.17, 15) is 18.0 Å². The molecule has 3 N–H and O–H groups in total. The summed E-state index contributed by atoms with van der Waals surface area (Å²) in [5, 5.41) is 3.37. The molecule has 9 heteroatoms. The number of benzene rings is 1. The normalized spacial score (nSPS) is 19.2. The molecule has 0 spiro atoms. The number of hydrogen-bond acceptors (Lipinski definition) is 4. The SMILES string of the molecule is CN(C)c1ccc(NCC2CCC(c3cc(C(F)(F)F)cc(C(N)=O)c3Cl)CC2)nc1. The minimum absolute atomic E-state index is 0.0345. The molecule has 1 saturated carbocycles. The highest BCUT2D eigenvalue weighted by atomic mass is 35.5.